The van der Waals surface area contributed by atoms with E-state index in [2.05, 4.69) is 24.5 Å². The number of ether oxygens (including phenoxy) is 4. The first kappa shape index (κ1) is 69.6. The topological polar surface area (TPSA) is 225 Å². The summed E-state index contributed by atoms with van der Waals surface area (Å²) in [5.41, 5.74) is 0. The van der Waals surface area contributed by atoms with E-state index in [1.807, 2.05) is 0 Å². The predicted octanol–water partition coefficient (Wildman–Crippen LogP) is 7.64. The van der Waals surface area contributed by atoms with Gasteiger partial charge in [-0.3, -0.25) is 33.4 Å². The van der Waals surface area contributed by atoms with Crippen LogP contribution in [0.1, 0.15) is 226 Å². The van der Waals surface area contributed by atoms with Crippen molar-refractivity contribution in [3.63, 3.8) is 0 Å². The van der Waals surface area contributed by atoms with Crippen LogP contribution in [0.25, 0.3) is 0 Å². The minimum absolute atomic E-state index is 0. The van der Waals surface area contributed by atoms with Crippen LogP contribution in [-0.4, -0.2) is 106 Å². The van der Waals surface area contributed by atoms with Gasteiger partial charge in [-0.15, -0.1) is 0 Å². The van der Waals surface area contributed by atoms with Crippen molar-refractivity contribution in [3.8, 4) is 0 Å². The molecule has 1 aliphatic rings. The number of rotatable bonds is 51. The molecular weight excluding hydrogens is 957 g/mol. The number of carbonyl (C=O) groups is 6. The number of hydrogen-bond acceptors (Lipinski definition) is 14. The summed E-state index contributed by atoms with van der Waals surface area (Å²) in [7, 11) is -4.92. The molecule has 19 heteroatoms. The molecule has 17 nitrogen and oxygen atoms in total. The van der Waals surface area contributed by atoms with E-state index in [1.54, 1.807) is 0 Å². The Balaban J connectivity index is 0.0000504. The van der Waals surface area contributed by atoms with E-state index in [1.165, 1.54) is 141 Å². The number of amides is 4. The van der Waals surface area contributed by atoms with E-state index in [9.17, 15) is 38.2 Å². The van der Waals surface area contributed by atoms with Crippen LogP contribution in [0.5, 0.6) is 0 Å². The van der Waals surface area contributed by atoms with Gasteiger partial charge in [-0.2, -0.15) is 0 Å². The molecule has 0 saturated heterocycles. The molecule has 0 aromatic heterocycles. The normalized spacial score (nSPS) is 13.4. The van der Waals surface area contributed by atoms with Crippen LogP contribution in [0.15, 0.2) is 12.2 Å². The Morgan fingerprint density at radius 1 is 0.528 bits per heavy atom. The molecule has 0 spiro atoms. The second-order valence-electron chi connectivity index (χ2n) is 18.7. The zero-order chi connectivity index (χ0) is 51.9. The minimum Gasteiger partial charge on any atom is -0.756 e. The van der Waals surface area contributed by atoms with Gasteiger partial charge >= 0.3 is 47.6 Å². The van der Waals surface area contributed by atoms with E-state index in [0.29, 0.717) is 12.8 Å². The van der Waals surface area contributed by atoms with Gasteiger partial charge in [0.1, 0.15) is 13.2 Å². The van der Waals surface area contributed by atoms with Crippen LogP contribution in [0.3, 0.4) is 0 Å². The smallest absolute Gasteiger partial charge is 0.756 e. The fourth-order valence-electron chi connectivity index (χ4n) is 7.98. The molecule has 72 heavy (non-hydrogen) atoms. The second kappa shape index (κ2) is 49.5. The van der Waals surface area contributed by atoms with Gasteiger partial charge in [0.05, 0.1) is 26.4 Å². The first-order chi connectivity index (χ1) is 34.5. The molecule has 1 unspecified atom stereocenters. The number of phosphoric ester groups is 1. The predicted molar refractivity (Wildman–Crippen MR) is 273 cm³/mol. The van der Waals surface area contributed by atoms with Gasteiger partial charge in [0.25, 0.3) is 19.6 Å². The molecule has 1 rings (SSSR count). The Labute approximate surface area is 455 Å². The monoisotopic (exact) mass is 1050 g/mol. The first-order valence-corrected chi connectivity index (χ1v) is 29.2. The number of unbranched alkanes of at least 4 members (excludes halogenated alkanes) is 28. The van der Waals surface area contributed by atoms with Crippen LogP contribution >= 0.6 is 7.82 Å². The average Bonchev–Trinajstić information content (AvgIpc) is 3.67. The summed E-state index contributed by atoms with van der Waals surface area (Å²) in [6.45, 7) is 2.95. The third-order valence-electron chi connectivity index (χ3n) is 12.2. The first-order valence-electron chi connectivity index (χ1n) is 27.7. The van der Waals surface area contributed by atoms with Crippen molar-refractivity contribution < 1.29 is 95.8 Å². The van der Waals surface area contributed by atoms with Crippen molar-refractivity contribution in [2.45, 2.75) is 232 Å². The van der Waals surface area contributed by atoms with Crippen molar-refractivity contribution in [2.75, 3.05) is 59.3 Å². The molecule has 0 radical (unpaired) electrons. The molecule has 1 heterocycles. The van der Waals surface area contributed by atoms with Crippen LogP contribution < -0.4 is 45.1 Å². The third kappa shape index (κ3) is 44.0. The van der Waals surface area contributed by atoms with Crippen molar-refractivity contribution in [1.82, 2.24) is 15.5 Å². The summed E-state index contributed by atoms with van der Waals surface area (Å²) in [6.07, 6.45) is 36.7. The Bertz CT molecular complexity index is 1470. The van der Waals surface area contributed by atoms with Gasteiger partial charge in [0.2, 0.25) is 5.91 Å². The number of imide groups is 1. The molecule has 0 aromatic rings. The standard InChI is InChI=1S/C53H96N3O14P.Na/c1-3-5-7-9-11-13-15-17-19-21-23-25-27-29-31-33-51(60)67-45-47(70-52(61)34-32-30-28-26-24-22-20-18-16-14-12-10-8-6-4-2)46-69-71(63,64)68-42-39-55-53(62)66-44-43-65-41-38-54-48(57)37-40-56-49(58)35-36-50(56)59;/h35-36,47H,3-34,37-46H2,1-2H3,(H,54,57)(H,55,62)(H,63,64);/q;+1/p-1/t47-;/m1./s1. The Hall–Kier alpha value is -2.37. The molecule has 2 N–H and O–H groups in total. The Kier molecular flexibility index (Phi) is 47.9. The molecular formula is C53H95N3NaO14P. The summed E-state index contributed by atoms with van der Waals surface area (Å²) in [5.74, 6) is -2.27. The van der Waals surface area contributed by atoms with Crippen molar-refractivity contribution in [1.29, 1.82) is 0 Å². The van der Waals surface area contributed by atoms with Crippen molar-refractivity contribution >= 4 is 43.6 Å². The number of esters is 2. The maximum Gasteiger partial charge on any atom is 1.00 e. The SMILES string of the molecule is CCCCCCCCCCCCCCCCCC(=O)OC[C@H](COP(=O)([O-])OCCNC(=O)OCCOCCNC(=O)CCN1C(=O)C=CC1=O)OC(=O)CCCCCCCCCCCCCCCCC.[Na+]. The third-order valence-corrected chi connectivity index (χ3v) is 13.2. The maximum atomic E-state index is 12.8. The number of carbonyl (C=O) groups excluding carboxylic acids is 6. The van der Waals surface area contributed by atoms with Gasteiger partial charge in [0, 0.05) is 51.0 Å². The average molecular weight is 1050 g/mol. The zero-order valence-electron chi connectivity index (χ0n) is 45.0. The molecule has 0 fully saturated rings. The Morgan fingerprint density at radius 2 is 0.958 bits per heavy atom. The summed E-state index contributed by atoms with van der Waals surface area (Å²) in [4.78, 5) is 86.0. The Morgan fingerprint density at radius 3 is 1.43 bits per heavy atom. The quantitative estimate of drug-likeness (QED) is 0.0149. The van der Waals surface area contributed by atoms with Gasteiger partial charge in [-0.1, -0.05) is 194 Å². The molecule has 2 atom stereocenters. The van der Waals surface area contributed by atoms with Gasteiger partial charge in [-0.05, 0) is 12.8 Å². The fourth-order valence-corrected chi connectivity index (χ4v) is 8.72. The number of nitrogens with zero attached hydrogens (tertiary/aromatic N) is 1. The largest absolute Gasteiger partial charge is 1.00 e. The summed E-state index contributed by atoms with van der Waals surface area (Å²) < 4.78 is 43.7. The fraction of sp³-hybridized carbons (Fsp3) is 0.849. The maximum absolute atomic E-state index is 12.8. The van der Waals surface area contributed by atoms with E-state index in [0.717, 1.165) is 55.6 Å². The van der Waals surface area contributed by atoms with Crippen molar-refractivity contribution in [2.24, 2.45) is 0 Å². The molecule has 0 aromatic carbocycles. The molecule has 1 aliphatic heterocycles. The van der Waals surface area contributed by atoms with E-state index >= 15 is 0 Å². The van der Waals surface area contributed by atoms with Crippen LogP contribution in [-0.2, 0) is 56.5 Å². The summed E-state index contributed by atoms with van der Waals surface area (Å²) in [6, 6.07) is 0. The minimum atomic E-state index is -4.92. The van der Waals surface area contributed by atoms with Crippen LogP contribution in [0, 0.1) is 0 Å². The summed E-state index contributed by atoms with van der Waals surface area (Å²) >= 11 is 0. The molecule has 412 valence electrons. The van der Waals surface area contributed by atoms with Gasteiger partial charge < -0.3 is 43.5 Å². The number of phosphoric acid groups is 1. The number of hydrogen-bond donors (Lipinski definition) is 2. The molecule has 0 aliphatic carbocycles. The van der Waals surface area contributed by atoms with E-state index in [4.69, 9.17) is 28.0 Å². The second-order valence-corrected chi connectivity index (χ2v) is 20.1. The molecule has 0 saturated carbocycles. The van der Waals surface area contributed by atoms with E-state index < -0.39 is 57.0 Å². The van der Waals surface area contributed by atoms with Gasteiger partial charge in [0.15, 0.2) is 6.10 Å². The number of alkyl carbamates (subject to hydrolysis) is 1. The van der Waals surface area contributed by atoms with Crippen LogP contribution in [0.4, 0.5) is 4.79 Å². The van der Waals surface area contributed by atoms with Crippen molar-refractivity contribution in [3.05, 3.63) is 12.2 Å². The van der Waals surface area contributed by atoms with E-state index in [-0.39, 0.29) is 101 Å². The zero-order valence-corrected chi connectivity index (χ0v) is 47.9. The summed E-state index contributed by atoms with van der Waals surface area (Å²) in [5, 5.41) is 4.94. The molecule has 0 bridgehead atoms. The van der Waals surface area contributed by atoms with Gasteiger partial charge in [-0.25, -0.2) is 4.79 Å². The molecule has 4 amide bonds. The van der Waals surface area contributed by atoms with Crippen LogP contribution in [0.2, 0.25) is 0 Å². The number of nitrogens with one attached hydrogen (secondary N) is 2.